The SMILES string of the molecule is Cc1cc(NC(=O)CC(C)N)cn(C)c1=O. The summed E-state index contributed by atoms with van der Waals surface area (Å²) in [6, 6.07) is 1.48. The highest BCUT2D eigenvalue weighted by molar-refractivity contribution is 5.90. The van der Waals surface area contributed by atoms with E-state index in [-0.39, 0.29) is 23.9 Å². The Morgan fingerprint density at radius 2 is 2.25 bits per heavy atom. The molecule has 0 saturated carbocycles. The van der Waals surface area contributed by atoms with Crippen molar-refractivity contribution in [2.45, 2.75) is 26.3 Å². The highest BCUT2D eigenvalue weighted by Crippen LogP contribution is 2.06. The molecular weight excluding hydrogens is 206 g/mol. The van der Waals surface area contributed by atoms with E-state index in [0.29, 0.717) is 11.3 Å². The lowest BCUT2D eigenvalue weighted by molar-refractivity contribution is -0.116. The summed E-state index contributed by atoms with van der Waals surface area (Å²) in [5.41, 5.74) is 6.66. The quantitative estimate of drug-likeness (QED) is 0.777. The molecule has 0 aliphatic rings. The Kier molecular flexibility index (Phi) is 3.84. The first-order valence-electron chi connectivity index (χ1n) is 5.13. The van der Waals surface area contributed by atoms with Gasteiger partial charge in [-0.1, -0.05) is 0 Å². The molecule has 0 aromatic carbocycles. The van der Waals surface area contributed by atoms with Crippen LogP contribution in [0.15, 0.2) is 17.1 Å². The van der Waals surface area contributed by atoms with E-state index in [9.17, 15) is 9.59 Å². The average Bonchev–Trinajstić information content (AvgIpc) is 2.12. The van der Waals surface area contributed by atoms with E-state index in [4.69, 9.17) is 5.73 Å². The van der Waals surface area contributed by atoms with Crippen molar-refractivity contribution in [1.29, 1.82) is 0 Å². The third-order valence-corrected chi connectivity index (χ3v) is 2.15. The van der Waals surface area contributed by atoms with Crippen LogP contribution in [0, 0.1) is 6.92 Å². The van der Waals surface area contributed by atoms with Crippen molar-refractivity contribution in [3.05, 3.63) is 28.2 Å². The molecule has 3 N–H and O–H groups in total. The minimum Gasteiger partial charge on any atom is -0.327 e. The summed E-state index contributed by atoms with van der Waals surface area (Å²) in [4.78, 5) is 22.9. The van der Waals surface area contributed by atoms with Crippen molar-refractivity contribution in [2.75, 3.05) is 5.32 Å². The van der Waals surface area contributed by atoms with Crippen LogP contribution in [0.4, 0.5) is 5.69 Å². The van der Waals surface area contributed by atoms with E-state index < -0.39 is 0 Å². The lowest BCUT2D eigenvalue weighted by Gasteiger charge is -2.09. The van der Waals surface area contributed by atoms with Crippen LogP contribution in [0.2, 0.25) is 0 Å². The van der Waals surface area contributed by atoms with Gasteiger partial charge in [-0.05, 0) is 19.9 Å². The predicted molar refractivity (Wildman–Crippen MR) is 63.3 cm³/mol. The summed E-state index contributed by atoms with van der Waals surface area (Å²) in [7, 11) is 1.65. The Morgan fingerprint density at radius 3 is 2.75 bits per heavy atom. The molecule has 0 aliphatic carbocycles. The van der Waals surface area contributed by atoms with Crippen LogP contribution in [0.5, 0.6) is 0 Å². The van der Waals surface area contributed by atoms with Crippen molar-refractivity contribution in [3.8, 4) is 0 Å². The zero-order valence-electron chi connectivity index (χ0n) is 9.78. The van der Waals surface area contributed by atoms with Gasteiger partial charge < -0.3 is 15.6 Å². The fourth-order valence-corrected chi connectivity index (χ4v) is 1.45. The van der Waals surface area contributed by atoms with Crippen molar-refractivity contribution >= 4 is 11.6 Å². The molecule has 0 bridgehead atoms. The third kappa shape index (κ3) is 3.20. The summed E-state index contributed by atoms with van der Waals surface area (Å²) in [5.74, 6) is -0.145. The number of hydrogen-bond acceptors (Lipinski definition) is 3. The number of nitrogens with two attached hydrogens (primary N) is 1. The van der Waals surface area contributed by atoms with Crippen molar-refractivity contribution in [3.63, 3.8) is 0 Å². The summed E-state index contributed by atoms with van der Waals surface area (Å²) in [5, 5.41) is 2.70. The van der Waals surface area contributed by atoms with Gasteiger partial charge in [0.05, 0.1) is 5.69 Å². The molecular formula is C11H17N3O2. The molecule has 0 saturated heterocycles. The predicted octanol–water partition coefficient (Wildman–Crippen LogP) is 0.370. The summed E-state index contributed by atoms with van der Waals surface area (Å²) in [6.07, 6.45) is 1.86. The molecule has 0 radical (unpaired) electrons. The fraction of sp³-hybridized carbons (Fsp3) is 0.455. The molecule has 1 amide bonds. The zero-order chi connectivity index (χ0) is 12.3. The van der Waals surface area contributed by atoms with Gasteiger partial charge in [0, 0.05) is 31.3 Å². The number of nitrogens with zero attached hydrogens (tertiary/aromatic N) is 1. The maximum absolute atomic E-state index is 11.5. The molecule has 5 nitrogen and oxygen atoms in total. The number of amides is 1. The van der Waals surface area contributed by atoms with Crippen LogP contribution >= 0.6 is 0 Å². The van der Waals surface area contributed by atoms with E-state index in [1.54, 1.807) is 33.2 Å². The largest absolute Gasteiger partial charge is 0.327 e. The van der Waals surface area contributed by atoms with Crippen LogP contribution in [-0.2, 0) is 11.8 Å². The van der Waals surface area contributed by atoms with E-state index in [1.807, 2.05) is 0 Å². The molecule has 5 heteroatoms. The monoisotopic (exact) mass is 223 g/mol. The van der Waals surface area contributed by atoms with Gasteiger partial charge in [0.2, 0.25) is 5.91 Å². The highest BCUT2D eigenvalue weighted by atomic mass is 16.1. The van der Waals surface area contributed by atoms with Crippen LogP contribution in [0.1, 0.15) is 18.9 Å². The Morgan fingerprint density at radius 1 is 1.62 bits per heavy atom. The minimum absolute atomic E-state index is 0.0646. The Labute approximate surface area is 94.3 Å². The number of carbonyl (C=O) groups excluding carboxylic acids is 1. The molecule has 16 heavy (non-hydrogen) atoms. The van der Waals surface area contributed by atoms with Gasteiger partial charge in [-0.25, -0.2) is 0 Å². The molecule has 1 heterocycles. The maximum Gasteiger partial charge on any atom is 0.253 e. The molecule has 0 spiro atoms. The van der Waals surface area contributed by atoms with Crippen molar-refractivity contribution in [2.24, 2.45) is 12.8 Å². The van der Waals surface area contributed by atoms with Crippen LogP contribution in [0.25, 0.3) is 0 Å². The van der Waals surface area contributed by atoms with Crippen LogP contribution in [-0.4, -0.2) is 16.5 Å². The van der Waals surface area contributed by atoms with Crippen molar-refractivity contribution in [1.82, 2.24) is 4.57 Å². The molecule has 0 aliphatic heterocycles. The molecule has 1 rings (SSSR count). The second-order valence-corrected chi connectivity index (χ2v) is 4.06. The van der Waals surface area contributed by atoms with Gasteiger partial charge in [0.15, 0.2) is 0 Å². The van der Waals surface area contributed by atoms with Gasteiger partial charge >= 0.3 is 0 Å². The smallest absolute Gasteiger partial charge is 0.253 e. The second-order valence-electron chi connectivity index (χ2n) is 4.06. The lowest BCUT2D eigenvalue weighted by atomic mass is 10.2. The number of nitrogens with one attached hydrogen (secondary N) is 1. The number of aromatic nitrogens is 1. The third-order valence-electron chi connectivity index (χ3n) is 2.15. The number of pyridine rings is 1. The first kappa shape index (κ1) is 12.4. The second kappa shape index (κ2) is 4.94. The van der Waals surface area contributed by atoms with Crippen LogP contribution in [0.3, 0.4) is 0 Å². The first-order valence-corrected chi connectivity index (χ1v) is 5.13. The normalized spacial score (nSPS) is 12.2. The number of rotatable bonds is 3. The Bertz CT molecular complexity index is 423. The average molecular weight is 223 g/mol. The fourth-order valence-electron chi connectivity index (χ4n) is 1.45. The van der Waals surface area contributed by atoms with Gasteiger partial charge in [-0.3, -0.25) is 9.59 Å². The molecule has 0 fully saturated rings. The Balaban J connectivity index is 2.83. The topological polar surface area (TPSA) is 77.1 Å². The maximum atomic E-state index is 11.5. The number of aryl methyl sites for hydroxylation is 2. The van der Waals surface area contributed by atoms with Crippen LogP contribution < -0.4 is 16.6 Å². The molecule has 1 aromatic heterocycles. The first-order chi connectivity index (χ1) is 7.40. The lowest BCUT2D eigenvalue weighted by Crippen LogP contribution is -2.25. The van der Waals surface area contributed by atoms with Crippen molar-refractivity contribution < 1.29 is 4.79 Å². The van der Waals surface area contributed by atoms with Gasteiger partial charge in [-0.15, -0.1) is 0 Å². The summed E-state index contributed by atoms with van der Waals surface area (Å²) >= 11 is 0. The molecule has 1 aromatic rings. The highest BCUT2D eigenvalue weighted by Gasteiger charge is 2.07. The minimum atomic E-state index is -0.173. The van der Waals surface area contributed by atoms with E-state index in [2.05, 4.69) is 5.32 Å². The van der Waals surface area contributed by atoms with E-state index in [1.165, 1.54) is 4.57 Å². The van der Waals surface area contributed by atoms with Gasteiger partial charge in [0.1, 0.15) is 0 Å². The van der Waals surface area contributed by atoms with Gasteiger partial charge in [0.25, 0.3) is 5.56 Å². The standard InChI is InChI=1S/C11H17N3O2/c1-7-4-9(6-14(3)11(7)16)13-10(15)5-8(2)12/h4,6,8H,5,12H2,1-3H3,(H,13,15). The van der Waals surface area contributed by atoms with E-state index >= 15 is 0 Å². The van der Waals surface area contributed by atoms with E-state index in [0.717, 1.165) is 0 Å². The summed E-state index contributed by atoms with van der Waals surface area (Å²) < 4.78 is 1.44. The summed E-state index contributed by atoms with van der Waals surface area (Å²) in [6.45, 7) is 3.48. The van der Waals surface area contributed by atoms with Gasteiger partial charge in [-0.2, -0.15) is 0 Å². The number of hydrogen-bond donors (Lipinski definition) is 2. The molecule has 1 atom stereocenters. The number of anilines is 1. The number of carbonyl (C=O) groups is 1. The Hall–Kier alpha value is -1.62. The molecule has 88 valence electrons. The zero-order valence-corrected chi connectivity index (χ0v) is 9.78. The molecule has 1 unspecified atom stereocenters.